The molecule has 152 valence electrons. The standard InChI is InChI=1S/C22H27N5O2/c1-4-8-29-12-15-9-17(15)18-10-23-21-20(18)22(25-13-24-21)26-16-7-6-14(3)27(11-16)19(28)5-2/h1,5,10,13-17H,2,6-9,11-12H2,3H3,(H2,23,24,25,26)/t14-,15?,16+,17?/m0/s1. The molecule has 2 N–H and O–H groups in total. The maximum absolute atomic E-state index is 12.2. The number of aromatic nitrogens is 3. The minimum absolute atomic E-state index is 0.0213. The van der Waals surface area contributed by atoms with E-state index in [0.717, 1.165) is 36.1 Å². The summed E-state index contributed by atoms with van der Waals surface area (Å²) in [5.74, 6) is 4.22. The summed E-state index contributed by atoms with van der Waals surface area (Å²) in [5, 5.41) is 4.61. The Morgan fingerprint density at radius 3 is 3.17 bits per heavy atom. The molecular formula is C22H27N5O2. The van der Waals surface area contributed by atoms with Crippen molar-refractivity contribution in [3.63, 3.8) is 0 Å². The van der Waals surface area contributed by atoms with E-state index >= 15 is 0 Å². The number of nitrogens with zero attached hydrogens (tertiary/aromatic N) is 3. The maximum Gasteiger partial charge on any atom is 0.246 e. The van der Waals surface area contributed by atoms with Gasteiger partial charge in [-0.05, 0) is 49.7 Å². The van der Waals surface area contributed by atoms with Crippen molar-refractivity contribution < 1.29 is 9.53 Å². The highest BCUT2D eigenvalue weighted by Crippen LogP contribution is 2.50. The van der Waals surface area contributed by atoms with Crippen LogP contribution < -0.4 is 5.32 Å². The molecule has 1 amide bonds. The van der Waals surface area contributed by atoms with Crippen LogP contribution >= 0.6 is 0 Å². The van der Waals surface area contributed by atoms with Gasteiger partial charge >= 0.3 is 0 Å². The number of hydrogen-bond donors (Lipinski definition) is 2. The molecule has 7 nitrogen and oxygen atoms in total. The third-order valence-electron chi connectivity index (χ3n) is 6.02. The van der Waals surface area contributed by atoms with Crippen molar-refractivity contribution in [3.05, 3.63) is 30.7 Å². The number of aromatic amines is 1. The number of amides is 1. The third-order valence-corrected chi connectivity index (χ3v) is 6.02. The number of terminal acetylenes is 1. The number of H-pyrrole nitrogens is 1. The van der Waals surface area contributed by atoms with Crippen molar-refractivity contribution >= 4 is 22.8 Å². The number of likely N-dealkylation sites (tertiary alicyclic amines) is 1. The zero-order valence-electron chi connectivity index (χ0n) is 16.7. The molecule has 2 aromatic heterocycles. The van der Waals surface area contributed by atoms with Gasteiger partial charge in [-0.25, -0.2) is 9.97 Å². The Hall–Kier alpha value is -2.85. The predicted molar refractivity (Wildman–Crippen MR) is 112 cm³/mol. The molecule has 0 aromatic carbocycles. The number of carbonyl (C=O) groups is 1. The fraction of sp³-hybridized carbons (Fsp3) is 0.500. The molecule has 2 aromatic rings. The highest BCUT2D eigenvalue weighted by molar-refractivity contribution is 5.91. The van der Waals surface area contributed by atoms with Crippen molar-refractivity contribution in [1.82, 2.24) is 19.9 Å². The van der Waals surface area contributed by atoms with E-state index in [9.17, 15) is 4.79 Å². The van der Waals surface area contributed by atoms with Gasteiger partial charge in [-0.1, -0.05) is 12.5 Å². The van der Waals surface area contributed by atoms with E-state index in [2.05, 4.69) is 39.7 Å². The van der Waals surface area contributed by atoms with Gasteiger partial charge in [0.1, 0.15) is 24.4 Å². The van der Waals surface area contributed by atoms with Crippen molar-refractivity contribution in [2.75, 3.05) is 25.1 Å². The normalized spacial score (nSPS) is 26.1. The second-order valence-electron chi connectivity index (χ2n) is 7.97. The molecular weight excluding hydrogens is 366 g/mol. The summed E-state index contributed by atoms with van der Waals surface area (Å²) in [7, 11) is 0. The summed E-state index contributed by atoms with van der Waals surface area (Å²) in [6, 6.07) is 0.368. The minimum atomic E-state index is -0.0213. The molecule has 4 atom stereocenters. The smallest absolute Gasteiger partial charge is 0.246 e. The van der Waals surface area contributed by atoms with Crippen LogP contribution in [-0.2, 0) is 9.53 Å². The Labute approximate surface area is 170 Å². The first-order valence-electron chi connectivity index (χ1n) is 10.1. The second kappa shape index (κ2) is 8.26. The van der Waals surface area contributed by atoms with E-state index < -0.39 is 0 Å². The summed E-state index contributed by atoms with van der Waals surface area (Å²) in [4.78, 5) is 26.2. The molecule has 4 rings (SSSR count). The number of piperidine rings is 1. The Balaban J connectivity index is 1.51. The number of hydrogen-bond acceptors (Lipinski definition) is 5. The molecule has 0 bridgehead atoms. The van der Waals surface area contributed by atoms with E-state index in [1.807, 2.05) is 11.1 Å². The zero-order valence-corrected chi connectivity index (χ0v) is 16.7. The Kier molecular flexibility index (Phi) is 5.54. The quantitative estimate of drug-likeness (QED) is 0.429. The van der Waals surface area contributed by atoms with Crippen molar-refractivity contribution in [2.24, 2.45) is 5.92 Å². The van der Waals surface area contributed by atoms with E-state index in [4.69, 9.17) is 11.2 Å². The van der Waals surface area contributed by atoms with Crippen LogP contribution in [0.4, 0.5) is 5.82 Å². The average Bonchev–Trinajstić information content (AvgIpc) is 3.36. The first-order valence-corrected chi connectivity index (χ1v) is 10.1. The molecule has 1 aliphatic carbocycles. The SMILES string of the molecule is C#CCOCC1CC1c1c[nH]c2ncnc(N[C@@H]3CC[C@H](C)N(C(=O)C=C)C3)c12. The van der Waals surface area contributed by atoms with Gasteiger partial charge in [0.15, 0.2) is 0 Å². The second-order valence-corrected chi connectivity index (χ2v) is 7.97. The average molecular weight is 393 g/mol. The largest absolute Gasteiger partial charge is 0.368 e. The molecule has 3 heterocycles. The molecule has 0 radical (unpaired) electrons. The number of fused-ring (bicyclic) bond motifs is 1. The van der Waals surface area contributed by atoms with Gasteiger partial charge in [-0.3, -0.25) is 4.79 Å². The van der Waals surface area contributed by atoms with E-state index in [1.165, 1.54) is 11.6 Å². The number of rotatable bonds is 7. The zero-order chi connectivity index (χ0) is 20.4. The molecule has 0 spiro atoms. The fourth-order valence-electron chi connectivity index (χ4n) is 4.31. The molecule has 1 saturated heterocycles. The van der Waals surface area contributed by atoms with Gasteiger partial charge in [0.25, 0.3) is 0 Å². The Morgan fingerprint density at radius 2 is 2.38 bits per heavy atom. The summed E-state index contributed by atoms with van der Waals surface area (Å²) in [5.41, 5.74) is 2.05. The van der Waals surface area contributed by atoms with Gasteiger partial charge in [0.05, 0.1) is 12.0 Å². The van der Waals surface area contributed by atoms with Gasteiger partial charge in [0.2, 0.25) is 5.91 Å². The van der Waals surface area contributed by atoms with Crippen molar-refractivity contribution in [1.29, 1.82) is 0 Å². The van der Waals surface area contributed by atoms with Crippen LogP contribution in [0.2, 0.25) is 0 Å². The minimum Gasteiger partial charge on any atom is -0.368 e. The molecule has 1 saturated carbocycles. The summed E-state index contributed by atoms with van der Waals surface area (Å²) < 4.78 is 5.51. The lowest BCUT2D eigenvalue weighted by Gasteiger charge is -2.38. The van der Waals surface area contributed by atoms with Crippen LogP contribution in [0.3, 0.4) is 0 Å². The number of anilines is 1. The first-order chi connectivity index (χ1) is 14.1. The monoisotopic (exact) mass is 393 g/mol. The van der Waals surface area contributed by atoms with Crippen LogP contribution in [0.15, 0.2) is 25.2 Å². The van der Waals surface area contributed by atoms with Crippen LogP contribution in [0.25, 0.3) is 11.0 Å². The van der Waals surface area contributed by atoms with Crippen LogP contribution in [0, 0.1) is 18.3 Å². The van der Waals surface area contributed by atoms with Crippen molar-refractivity contribution in [3.8, 4) is 12.3 Å². The maximum atomic E-state index is 12.2. The van der Waals surface area contributed by atoms with Gasteiger partial charge < -0.3 is 19.9 Å². The topological polar surface area (TPSA) is 83.1 Å². The van der Waals surface area contributed by atoms with Gasteiger partial charge in [-0.15, -0.1) is 6.42 Å². The predicted octanol–water partition coefficient (Wildman–Crippen LogP) is 2.69. The highest BCUT2D eigenvalue weighted by atomic mass is 16.5. The fourth-order valence-corrected chi connectivity index (χ4v) is 4.31. The lowest BCUT2D eigenvalue weighted by molar-refractivity contribution is -0.129. The van der Waals surface area contributed by atoms with E-state index in [-0.39, 0.29) is 18.0 Å². The Morgan fingerprint density at radius 1 is 1.52 bits per heavy atom. The molecule has 7 heteroatoms. The van der Waals surface area contributed by atoms with Crippen molar-refractivity contribution in [2.45, 2.75) is 44.2 Å². The van der Waals surface area contributed by atoms with Crippen LogP contribution in [-0.4, -0.2) is 57.6 Å². The van der Waals surface area contributed by atoms with Gasteiger partial charge in [0, 0.05) is 24.8 Å². The van der Waals surface area contributed by atoms with E-state index in [1.54, 1.807) is 6.33 Å². The third kappa shape index (κ3) is 3.99. The van der Waals surface area contributed by atoms with E-state index in [0.29, 0.717) is 31.6 Å². The molecule has 2 unspecified atom stereocenters. The number of nitrogens with one attached hydrogen (secondary N) is 2. The van der Waals surface area contributed by atoms with Gasteiger partial charge in [-0.2, -0.15) is 0 Å². The van der Waals surface area contributed by atoms with Crippen LogP contribution in [0.5, 0.6) is 0 Å². The lowest BCUT2D eigenvalue weighted by atomic mass is 9.99. The van der Waals surface area contributed by atoms with Crippen LogP contribution in [0.1, 0.15) is 37.7 Å². The Bertz CT molecular complexity index is 946. The number of carbonyl (C=O) groups excluding carboxylic acids is 1. The summed E-state index contributed by atoms with van der Waals surface area (Å²) in [6.07, 6.45) is 13.3. The summed E-state index contributed by atoms with van der Waals surface area (Å²) >= 11 is 0. The molecule has 1 aliphatic heterocycles. The summed E-state index contributed by atoms with van der Waals surface area (Å²) in [6.45, 7) is 7.39. The number of ether oxygens (including phenoxy) is 1. The highest BCUT2D eigenvalue weighted by Gasteiger charge is 2.40. The molecule has 29 heavy (non-hydrogen) atoms. The molecule has 2 aliphatic rings. The molecule has 2 fully saturated rings. The lowest BCUT2D eigenvalue weighted by Crippen LogP contribution is -2.49. The first kappa shape index (κ1) is 19.5.